The fourth-order valence-electron chi connectivity index (χ4n) is 0.887. The van der Waals surface area contributed by atoms with Gasteiger partial charge < -0.3 is 0 Å². The van der Waals surface area contributed by atoms with Crippen LogP contribution in [-0.4, -0.2) is 0 Å². The minimum Gasteiger partial charge on any atom is -0.184 e. The molecule has 0 saturated carbocycles. The van der Waals surface area contributed by atoms with Crippen LogP contribution in [-0.2, 0) is 5.41 Å². The normalized spacial score (nSPS) is 10.5. The molecule has 0 radical (unpaired) electrons. The molecule has 1 rings (SSSR count). The van der Waals surface area contributed by atoms with E-state index in [0.29, 0.717) is 0 Å². The molecule has 0 aromatic heterocycles. The van der Waals surface area contributed by atoms with Gasteiger partial charge in [0.25, 0.3) is 0 Å². The van der Waals surface area contributed by atoms with Crippen molar-refractivity contribution in [1.29, 1.82) is 0 Å². The van der Waals surface area contributed by atoms with Crippen LogP contribution in [0.5, 0.6) is 0 Å². The van der Waals surface area contributed by atoms with E-state index in [-0.39, 0.29) is 24.3 Å². The van der Waals surface area contributed by atoms with Gasteiger partial charge >= 0.3 is 18.9 Å². The van der Waals surface area contributed by atoms with Gasteiger partial charge in [0.15, 0.2) is 0 Å². The Morgan fingerprint density at radius 2 is 1.55 bits per heavy atom. The fourth-order valence-corrected chi connectivity index (χ4v) is 0.887. The predicted molar refractivity (Wildman–Crippen MR) is 44.0 cm³/mol. The summed E-state index contributed by atoms with van der Waals surface area (Å²) < 4.78 is 0. The maximum atomic E-state index is 3.00. The minimum absolute atomic E-state index is 0. The van der Waals surface area contributed by atoms with E-state index in [1.54, 1.807) is 0 Å². The number of benzene rings is 1. The number of hydrogen-bond donors (Lipinski definition) is 0. The van der Waals surface area contributed by atoms with Crippen LogP contribution in [0.4, 0.5) is 0 Å². The van der Waals surface area contributed by atoms with Crippen LogP contribution in [0.2, 0.25) is 0 Å². The molecule has 0 aliphatic heterocycles. The molecule has 0 spiro atoms. The van der Waals surface area contributed by atoms with Crippen LogP contribution in [0, 0.1) is 6.07 Å². The van der Waals surface area contributed by atoms with Gasteiger partial charge in [-0.1, -0.05) is 20.8 Å². The van der Waals surface area contributed by atoms with E-state index in [9.17, 15) is 0 Å². The van der Waals surface area contributed by atoms with E-state index in [1.165, 1.54) is 5.56 Å². The molecule has 0 atom stereocenters. The Kier molecular flexibility index (Phi) is 3.93. The Bertz CT molecular complexity index is 196. The SMILES string of the molecule is CC(C)(C)c1cc[c-]cc1.[Li+]. The molecule has 0 unspecified atom stereocenters. The molecule has 54 valence electrons. The van der Waals surface area contributed by atoms with E-state index in [2.05, 4.69) is 39.0 Å². The van der Waals surface area contributed by atoms with Crippen LogP contribution in [0.1, 0.15) is 26.3 Å². The van der Waals surface area contributed by atoms with Gasteiger partial charge in [0.05, 0.1) is 0 Å². The summed E-state index contributed by atoms with van der Waals surface area (Å²) in [6.07, 6.45) is 0. The summed E-state index contributed by atoms with van der Waals surface area (Å²) >= 11 is 0. The Hall–Kier alpha value is -0.183. The van der Waals surface area contributed by atoms with Gasteiger partial charge in [-0.05, 0) is 5.41 Å². The second kappa shape index (κ2) is 4.00. The molecular formula is C10H13Li. The van der Waals surface area contributed by atoms with Crippen molar-refractivity contribution in [2.24, 2.45) is 0 Å². The van der Waals surface area contributed by atoms with Gasteiger partial charge in [-0.2, -0.15) is 35.9 Å². The van der Waals surface area contributed by atoms with E-state index >= 15 is 0 Å². The summed E-state index contributed by atoms with van der Waals surface area (Å²) in [5.41, 5.74) is 1.64. The second-order valence-corrected chi connectivity index (χ2v) is 3.54. The molecule has 1 aromatic rings. The molecule has 0 amide bonds. The first-order chi connectivity index (χ1) is 4.61. The summed E-state index contributed by atoms with van der Waals surface area (Å²) in [5.74, 6) is 0. The summed E-state index contributed by atoms with van der Waals surface area (Å²) in [6, 6.07) is 11.1. The summed E-state index contributed by atoms with van der Waals surface area (Å²) in [6.45, 7) is 6.63. The third kappa shape index (κ3) is 3.14. The van der Waals surface area contributed by atoms with Gasteiger partial charge in [-0.15, -0.1) is 0 Å². The molecular weight excluding hydrogens is 127 g/mol. The summed E-state index contributed by atoms with van der Waals surface area (Å²) in [7, 11) is 0. The first kappa shape index (κ1) is 10.8. The molecule has 0 bridgehead atoms. The standard InChI is InChI=1S/C10H13.Li/c1-10(2,3)9-7-5-4-6-8-9;/h5-8H,1-3H3;/q-1;+1. The largest absolute Gasteiger partial charge is 1.00 e. The molecule has 1 aromatic carbocycles. The van der Waals surface area contributed by atoms with Gasteiger partial charge in [-0.3, -0.25) is 0 Å². The first-order valence-corrected chi connectivity index (χ1v) is 3.57. The van der Waals surface area contributed by atoms with Gasteiger partial charge in [-0.25, -0.2) is 0 Å². The molecule has 0 N–H and O–H groups in total. The molecule has 0 nitrogen and oxygen atoms in total. The topological polar surface area (TPSA) is 0 Å². The average Bonchev–Trinajstić information content (AvgIpc) is 1.88. The third-order valence-electron chi connectivity index (χ3n) is 1.58. The Morgan fingerprint density at radius 1 is 1.09 bits per heavy atom. The second-order valence-electron chi connectivity index (χ2n) is 3.54. The molecule has 0 saturated heterocycles. The maximum Gasteiger partial charge on any atom is 1.00 e. The monoisotopic (exact) mass is 140 g/mol. The van der Waals surface area contributed by atoms with E-state index < -0.39 is 0 Å². The zero-order chi connectivity index (χ0) is 7.61. The van der Waals surface area contributed by atoms with Crippen LogP contribution in [0.25, 0.3) is 0 Å². The van der Waals surface area contributed by atoms with Crippen molar-refractivity contribution in [2.75, 3.05) is 0 Å². The Morgan fingerprint density at radius 3 is 1.82 bits per heavy atom. The van der Waals surface area contributed by atoms with Crippen LogP contribution in [0.3, 0.4) is 0 Å². The van der Waals surface area contributed by atoms with Gasteiger partial charge in [0.2, 0.25) is 0 Å². The van der Waals surface area contributed by atoms with Gasteiger partial charge in [0, 0.05) is 0 Å². The van der Waals surface area contributed by atoms with E-state index in [1.807, 2.05) is 12.1 Å². The van der Waals surface area contributed by atoms with E-state index in [0.717, 1.165) is 0 Å². The molecule has 0 fully saturated rings. The third-order valence-corrected chi connectivity index (χ3v) is 1.58. The average molecular weight is 140 g/mol. The Balaban J connectivity index is 0.000001000. The fraction of sp³-hybridized carbons (Fsp3) is 0.400. The smallest absolute Gasteiger partial charge is 0.184 e. The van der Waals surface area contributed by atoms with Crippen LogP contribution >= 0.6 is 0 Å². The number of hydrogen-bond acceptors (Lipinski definition) is 0. The molecule has 0 aliphatic carbocycles. The van der Waals surface area contributed by atoms with Crippen molar-refractivity contribution in [3.05, 3.63) is 35.9 Å². The van der Waals surface area contributed by atoms with Crippen molar-refractivity contribution in [3.63, 3.8) is 0 Å². The first-order valence-electron chi connectivity index (χ1n) is 3.57. The minimum atomic E-state index is 0. The van der Waals surface area contributed by atoms with Crippen molar-refractivity contribution >= 4 is 0 Å². The van der Waals surface area contributed by atoms with Crippen molar-refractivity contribution in [3.8, 4) is 0 Å². The van der Waals surface area contributed by atoms with Crippen molar-refractivity contribution < 1.29 is 18.9 Å². The van der Waals surface area contributed by atoms with Crippen molar-refractivity contribution in [2.45, 2.75) is 26.2 Å². The predicted octanol–water partition coefficient (Wildman–Crippen LogP) is -0.212. The summed E-state index contributed by atoms with van der Waals surface area (Å²) in [5, 5.41) is 0. The molecule has 0 aliphatic rings. The van der Waals surface area contributed by atoms with Crippen molar-refractivity contribution in [1.82, 2.24) is 0 Å². The zero-order valence-electron chi connectivity index (χ0n) is 7.81. The van der Waals surface area contributed by atoms with E-state index in [4.69, 9.17) is 0 Å². The van der Waals surface area contributed by atoms with Crippen LogP contribution in [0.15, 0.2) is 24.3 Å². The zero-order valence-corrected chi connectivity index (χ0v) is 7.81. The number of rotatable bonds is 0. The molecule has 11 heavy (non-hydrogen) atoms. The summed E-state index contributed by atoms with van der Waals surface area (Å²) in [4.78, 5) is 0. The van der Waals surface area contributed by atoms with Crippen LogP contribution < -0.4 is 18.9 Å². The quantitative estimate of drug-likeness (QED) is 0.345. The maximum absolute atomic E-state index is 3.00. The molecule has 1 heteroatoms. The van der Waals surface area contributed by atoms with Gasteiger partial charge in [0.1, 0.15) is 0 Å². The molecule has 0 heterocycles. The Labute approximate surface area is 81.2 Å².